The topological polar surface area (TPSA) is 3.24 Å². The summed E-state index contributed by atoms with van der Waals surface area (Å²) < 4.78 is 27.0. The third kappa shape index (κ3) is 2.51. The Labute approximate surface area is 90.8 Å². The quantitative estimate of drug-likeness (QED) is 0.758. The summed E-state index contributed by atoms with van der Waals surface area (Å²) in [6.45, 7) is 2.98. The summed E-state index contributed by atoms with van der Waals surface area (Å²) in [5.74, 6) is -1.00. The number of benzene rings is 1. The van der Waals surface area contributed by atoms with Crippen molar-refractivity contribution in [3.8, 4) is 0 Å². The molecule has 0 aliphatic rings. The third-order valence-corrected chi connectivity index (χ3v) is 2.72. The van der Waals surface area contributed by atoms with Crippen LogP contribution in [0, 0.1) is 11.6 Å². The van der Waals surface area contributed by atoms with Crippen LogP contribution in [-0.2, 0) is 6.54 Å². The maximum atomic E-state index is 13.4. The van der Waals surface area contributed by atoms with Crippen molar-refractivity contribution in [1.29, 1.82) is 0 Å². The summed E-state index contributed by atoms with van der Waals surface area (Å²) in [5, 5.41) is 0. The van der Waals surface area contributed by atoms with Gasteiger partial charge < -0.3 is 4.90 Å². The molecule has 0 spiro atoms. The molecule has 0 atom stereocenters. The van der Waals surface area contributed by atoms with E-state index in [4.69, 9.17) is 0 Å². The molecule has 0 aliphatic carbocycles. The van der Waals surface area contributed by atoms with Gasteiger partial charge in [-0.05, 0) is 41.7 Å². The van der Waals surface area contributed by atoms with Crippen LogP contribution in [0.2, 0.25) is 0 Å². The molecule has 1 aromatic carbocycles. The third-order valence-electron chi connectivity index (χ3n) is 2.11. The molecule has 4 heteroatoms. The van der Waals surface area contributed by atoms with E-state index in [1.165, 1.54) is 12.1 Å². The smallest absolute Gasteiger partial charge is 0.144 e. The van der Waals surface area contributed by atoms with Crippen LogP contribution in [0.25, 0.3) is 0 Å². The second-order valence-corrected chi connectivity index (χ2v) is 4.01. The first-order valence-corrected chi connectivity index (χ1v) is 5.16. The van der Waals surface area contributed by atoms with E-state index in [0.717, 1.165) is 6.54 Å². The van der Waals surface area contributed by atoms with E-state index in [1.807, 2.05) is 18.9 Å². The van der Waals surface area contributed by atoms with Gasteiger partial charge in [0.05, 0.1) is 4.47 Å². The molecule has 0 fully saturated rings. The minimum Gasteiger partial charge on any atom is -0.302 e. The van der Waals surface area contributed by atoms with E-state index < -0.39 is 11.6 Å². The maximum absolute atomic E-state index is 13.4. The van der Waals surface area contributed by atoms with Crippen molar-refractivity contribution in [1.82, 2.24) is 4.90 Å². The van der Waals surface area contributed by atoms with Crippen LogP contribution < -0.4 is 0 Å². The Kier molecular flexibility index (Phi) is 4.01. The number of hydrogen-bond acceptors (Lipinski definition) is 1. The lowest BCUT2D eigenvalue weighted by Crippen LogP contribution is -2.18. The van der Waals surface area contributed by atoms with Crippen molar-refractivity contribution in [2.45, 2.75) is 13.5 Å². The highest BCUT2D eigenvalue weighted by molar-refractivity contribution is 9.10. The van der Waals surface area contributed by atoms with Crippen LogP contribution >= 0.6 is 15.9 Å². The van der Waals surface area contributed by atoms with Crippen molar-refractivity contribution in [3.05, 3.63) is 33.8 Å². The molecular weight excluding hydrogens is 252 g/mol. The first-order valence-electron chi connectivity index (χ1n) is 4.37. The number of halogens is 3. The molecule has 1 rings (SSSR count). The van der Waals surface area contributed by atoms with E-state index in [-0.39, 0.29) is 12.1 Å². The van der Waals surface area contributed by atoms with Gasteiger partial charge in [0.25, 0.3) is 0 Å². The summed E-state index contributed by atoms with van der Waals surface area (Å²) in [5.41, 5.74) is 0.115. The highest BCUT2D eigenvalue weighted by Crippen LogP contribution is 2.22. The van der Waals surface area contributed by atoms with Gasteiger partial charge in [0, 0.05) is 12.1 Å². The van der Waals surface area contributed by atoms with Crippen molar-refractivity contribution in [3.63, 3.8) is 0 Å². The van der Waals surface area contributed by atoms with Crippen LogP contribution in [0.4, 0.5) is 8.78 Å². The fourth-order valence-corrected chi connectivity index (χ4v) is 1.47. The van der Waals surface area contributed by atoms with Gasteiger partial charge in [0.1, 0.15) is 11.6 Å². The first-order chi connectivity index (χ1) is 6.56. The maximum Gasteiger partial charge on any atom is 0.144 e. The summed E-state index contributed by atoms with van der Waals surface area (Å²) in [6.07, 6.45) is 0. The Bertz CT molecular complexity index is 328. The van der Waals surface area contributed by atoms with Crippen molar-refractivity contribution in [2.24, 2.45) is 0 Å². The van der Waals surface area contributed by atoms with E-state index in [9.17, 15) is 8.78 Å². The average molecular weight is 264 g/mol. The molecule has 0 aliphatic heterocycles. The number of rotatable bonds is 3. The lowest BCUT2D eigenvalue weighted by atomic mass is 10.2. The number of nitrogens with zero attached hydrogens (tertiary/aromatic N) is 1. The van der Waals surface area contributed by atoms with Crippen molar-refractivity contribution >= 4 is 15.9 Å². The predicted octanol–water partition coefficient (Wildman–Crippen LogP) is 3.18. The van der Waals surface area contributed by atoms with Crippen molar-refractivity contribution < 1.29 is 8.78 Å². The Hall–Kier alpha value is -0.480. The van der Waals surface area contributed by atoms with Gasteiger partial charge in [-0.15, -0.1) is 0 Å². The SMILES string of the molecule is CCN(C)Cc1c(F)ccc(Br)c1F. The molecule has 1 nitrogen and oxygen atoms in total. The lowest BCUT2D eigenvalue weighted by molar-refractivity contribution is 0.331. The minimum absolute atomic E-state index is 0.115. The Morgan fingerprint density at radius 1 is 1.36 bits per heavy atom. The van der Waals surface area contributed by atoms with Crippen LogP contribution in [0.3, 0.4) is 0 Å². The molecule has 1 aromatic rings. The molecular formula is C10H12BrF2N. The normalized spacial score (nSPS) is 11.0. The molecule has 0 N–H and O–H groups in total. The summed E-state index contributed by atoms with van der Waals surface area (Å²) >= 11 is 3.03. The molecule has 0 aromatic heterocycles. The van der Waals surface area contributed by atoms with E-state index in [1.54, 1.807) is 0 Å². The Morgan fingerprint density at radius 3 is 2.57 bits per heavy atom. The zero-order valence-electron chi connectivity index (χ0n) is 8.15. The van der Waals surface area contributed by atoms with E-state index >= 15 is 0 Å². The first kappa shape index (κ1) is 11.6. The molecule has 78 valence electrons. The zero-order valence-corrected chi connectivity index (χ0v) is 9.74. The zero-order chi connectivity index (χ0) is 10.7. The van der Waals surface area contributed by atoms with Gasteiger partial charge in [-0.2, -0.15) is 0 Å². The van der Waals surface area contributed by atoms with Gasteiger partial charge in [0.2, 0.25) is 0 Å². The van der Waals surface area contributed by atoms with Crippen molar-refractivity contribution in [2.75, 3.05) is 13.6 Å². The predicted molar refractivity (Wildman–Crippen MR) is 56.1 cm³/mol. The van der Waals surface area contributed by atoms with Gasteiger partial charge >= 0.3 is 0 Å². The van der Waals surface area contributed by atoms with Crippen LogP contribution in [0.5, 0.6) is 0 Å². The largest absolute Gasteiger partial charge is 0.302 e. The van der Waals surface area contributed by atoms with Crippen LogP contribution in [0.15, 0.2) is 16.6 Å². The summed E-state index contributed by atoms with van der Waals surface area (Å²) in [7, 11) is 1.82. The Morgan fingerprint density at radius 2 is 2.00 bits per heavy atom. The molecule has 14 heavy (non-hydrogen) atoms. The fraction of sp³-hybridized carbons (Fsp3) is 0.400. The number of hydrogen-bond donors (Lipinski definition) is 0. The standard InChI is InChI=1S/C10H12BrF2N/c1-3-14(2)6-7-9(12)5-4-8(11)10(7)13/h4-5H,3,6H2,1-2H3. The molecule has 0 radical (unpaired) electrons. The summed E-state index contributed by atoms with van der Waals surface area (Å²) in [6, 6.07) is 2.64. The molecule has 0 saturated carbocycles. The van der Waals surface area contributed by atoms with Gasteiger partial charge in [-0.1, -0.05) is 6.92 Å². The van der Waals surface area contributed by atoms with Crippen LogP contribution in [0.1, 0.15) is 12.5 Å². The minimum atomic E-state index is -0.509. The molecule has 0 bridgehead atoms. The highest BCUT2D eigenvalue weighted by Gasteiger charge is 2.13. The molecule has 0 unspecified atom stereocenters. The van der Waals surface area contributed by atoms with Crippen LogP contribution in [-0.4, -0.2) is 18.5 Å². The fourth-order valence-electron chi connectivity index (χ4n) is 1.10. The molecule has 0 amide bonds. The molecule has 0 heterocycles. The van der Waals surface area contributed by atoms with E-state index in [0.29, 0.717) is 4.47 Å². The van der Waals surface area contributed by atoms with Gasteiger partial charge in [-0.25, -0.2) is 8.78 Å². The average Bonchev–Trinajstić information content (AvgIpc) is 2.18. The van der Waals surface area contributed by atoms with E-state index in [2.05, 4.69) is 15.9 Å². The van der Waals surface area contributed by atoms with Gasteiger partial charge in [-0.3, -0.25) is 0 Å². The Balaban J connectivity index is 3.00. The summed E-state index contributed by atoms with van der Waals surface area (Å²) in [4.78, 5) is 1.84. The second-order valence-electron chi connectivity index (χ2n) is 3.15. The van der Waals surface area contributed by atoms with Gasteiger partial charge in [0.15, 0.2) is 0 Å². The second kappa shape index (κ2) is 4.84. The highest BCUT2D eigenvalue weighted by atomic mass is 79.9. The monoisotopic (exact) mass is 263 g/mol. The lowest BCUT2D eigenvalue weighted by Gasteiger charge is -2.15. The molecule has 0 saturated heterocycles.